The average molecular weight is 327 g/mol. The third-order valence-electron chi connectivity index (χ3n) is 2.04. The minimum atomic E-state index is -5.04. The molecule has 0 aliphatic heterocycles. The topological polar surface area (TPSA) is 181 Å². The lowest BCUT2D eigenvalue weighted by atomic mass is 10.5. The quantitative estimate of drug-likeness (QED) is 0.238. The van der Waals surface area contributed by atoms with Crippen LogP contribution in [0.3, 0.4) is 0 Å². The average Bonchev–Trinajstić information content (AvgIpc) is 2.05. The molecule has 0 aromatic carbocycles. The molecule has 0 heterocycles. The molecule has 0 rings (SSSR count). The van der Waals surface area contributed by atoms with Gasteiger partial charge in [0.2, 0.25) is 0 Å². The van der Waals surface area contributed by atoms with Crippen molar-refractivity contribution in [1.29, 1.82) is 0 Å². The molecule has 0 fully saturated rings. The molecule has 0 radical (unpaired) electrons. The van der Waals surface area contributed by atoms with Crippen molar-refractivity contribution in [1.82, 2.24) is 5.32 Å². The lowest BCUT2D eigenvalue weighted by Crippen LogP contribution is -2.35. The van der Waals surface area contributed by atoms with E-state index in [1.54, 1.807) is 0 Å². The third kappa shape index (κ3) is 6.37. The lowest BCUT2D eigenvalue weighted by Gasteiger charge is -2.20. The molecule has 1 unspecified atom stereocenters. The summed E-state index contributed by atoms with van der Waals surface area (Å²) in [6.07, 6.45) is 0. The van der Waals surface area contributed by atoms with Crippen molar-refractivity contribution in [2.24, 2.45) is 0 Å². The number of hydrogen-bond acceptors (Lipinski definition) is 5. The van der Waals surface area contributed by atoms with E-state index < -0.39 is 49.0 Å². The van der Waals surface area contributed by atoms with Crippen LogP contribution in [-0.2, 0) is 19.2 Å². The van der Waals surface area contributed by atoms with Crippen molar-refractivity contribution < 1.29 is 41.7 Å². The lowest BCUT2D eigenvalue weighted by molar-refractivity contribution is 0.336. The summed E-state index contributed by atoms with van der Waals surface area (Å²) in [6.45, 7) is -0.0734. The summed E-state index contributed by atoms with van der Waals surface area (Å²) >= 11 is 0. The summed E-state index contributed by atoms with van der Waals surface area (Å²) in [5, 5.41) is -1.34. The van der Waals surface area contributed by atoms with E-state index >= 15 is 0 Å². The normalized spacial score (nSPS) is 15.9. The first-order valence-corrected chi connectivity index (χ1v) is 9.40. The smallest absolute Gasteiger partial charge is 0.324 e. The van der Waals surface area contributed by atoms with Crippen LogP contribution in [0.4, 0.5) is 0 Å². The van der Waals surface area contributed by atoms with Crippen LogP contribution < -0.4 is 5.32 Å². The van der Waals surface area contributed by atoms with Gasteiger partial charge in [-0.1, -0.05) is 0 Å². The van der Waals surface area contributed by atoms with Crippen molar-refractivity contribution in [3.05, 3.63) is 0 Å². The number of nitrogens with one attached hydrogen (secondary N) is 1. The minimum absolute atomic E-state index is 0.407. The van der Waals surface area contributed by atoms with Crippen LogP contribution in [0.15, 0.2) is 0 Å². The van der Waals surface area contributed by atoms with Crippen LogP contribution in [0.5, 0.6) is 0 Å². The predicted octanol–water partition coefficient (Wildman–Crippen LogP) is -1.47. The zero-order valence-corrected chi connectivity index (χ0v) is 11.8. The van der Waals surface area contributed by atoms with E-state index in [1.165, 1.54) is 0 Å². The van der Waals surface area contributed by atoms with Gasteiger partial charge in [0.05, 0.1) is 5.25 Å². The Morgan fingerprint density at radius 3 is 1.72 bits per heavy atom. The molecule has 0 saturated carbocycles. The first kappa shape index (κ1) is 18.2. The van der Waals surface area contributed by atoms with Gasteiger partial charge in [-0.2, -0.15) is 8.42 Å². The van der Waals surface area contributed by atoms with Gasteiger partial charge < -0.3 is 24.9 Å². The summed E-state index contributed by atoms with van der Waals surface area (Å²) in [5.41, 5.74) is 0. The minimum Gasteiger partial charge on any atom is -0.324 e. The first-order chi connectivity index (χ1) is 7.76. The Bertz CT molecular complexity index is 441. The second kappa shape index (κ2) is 6.08. The van der Waals surface area contributed by atoms with E-state index in [-0.39, 0.29) is 0 Å². The summed E-state index contributed by atoms with van der Waals surface area (Å²) < 4.78 is 51.5. The van der Waals surface area contributed by atoms with E-state index in [9.17, 15) is 17.5 Å². The van der Waals surface area contributed by atoms with Crippen molar-refractivity contribution in [2.75, 3.05) is 13.1 Å². The molecule has 0 aromatic heterocycles. The van der Waals surface area contributed by atoms with Crippen LogP contribution in [-0.4, -0.2) is 56.3 Å². The maximum absolute atomic E-state index is 10.8. The monoisotopic (exact) mass is 327 g/mol. The molecule has 0 saturated heterocycles. The summed E-state index contributed by atoms with van der Waals surface area (Å²) in [6, 6.07) is 0. The van der Waals surface area contributed by atoms with Gasteiger partial charge in [-0.3, -0.25) is 13.7 Å². The van der Waals surface area contributed by atoms with E-state index in [4.69, 9.17) is 24.1 Å². The van der Waals surface area contributed by atoms with Gasteiger partial charge in [0.1, 0.15) is 0 Å². The molecule has 0 bridgehead atoms. The molecule has 6 N–H and O–H groups in total. The molecule has 0 aliphatic carbocycles. The Hall–Kier alpha value is 0.170. The fraction of sp³-hybridized carbons (Fsp3) is 1.00. The van der Waals surface area contributed by atoms with E-state index in [2.05, 4.69) is 5.32 Å². The van der Waals surface area contributed by atoms with Gasteiger partial charge >= 0.3 is 15.2 Å². The van der Waals surface area contributed by atoms with Gasteiger partial charge in [-0.05, 0) is 6.92 Å². The Morgan fingerprint density at radius 2 is 1.44 bits per heavy atom. The molecular formula is C5H15NO9P2S. The van der Waals surface area contributed by atoms with Crippen LogP contribution >= 0.6 is 15.2 Å². The van der Waals surface area contributed by atoms with Gasteiger partial charge in [0.15, 0.2) is 5.40 Å². The van der Waals surface area contributed by atoms with Gasteiger partial charge in [0, 0.05) is 13.1 Å². The fourth-order valence-electron chi connectivity index (χ4n) is 0.955. The van der Waals surface area contributed by atoms with Crippen LogP contribution in [0.1, 0.15) is 6.92 Å². The molecular weight excluding hydrogens is 312 g/mol. The van der Waals surface area contributed by atoms with Crippen molar-refractivity contribution in [3.8, 4) is 0 Å². The summed E-state index contributed by atoms with van der Waals surface area (Å²) in [5.74, 6) is 0. The molecule has 110 valence electrons. The highest BCUT2D eigenvalue weighted by Gasteiger charge is 2.42. The van der Waals surface area contributed by atoms with E-state index in [0.29, 0.717) is 0 Å². The Morgan fingerprint density at radius 1 is 1.06 bits per heavy atom. The molecule has 18 heavy (non-hydrogen) atoms. The maximum atomic E-state index is 10.8. The van der Waals surface area contributed by atoms with E-state index in [0.717, 1.165) is 6.92 Å². The highest BCUT2D eigenvalue weighted by atomic mass is 32.2. The number of hydrogen-bond donors (Lipinski definition) is 6. The van der Waals surface area contributed by atoms with Gasteiger partial charge in [0.25, 0.3) is 10.1 Å². The van der Waals surface area contributed by atoms with E-state index in [1.807, 2.05) is 0 Å². The molecule has 13 heteroatoms. The van der Waals surface area contributed by atoms with Crippen LogP contribution in [0.2, 0.25) is 0 Å². The Kier molecular flexibility index (Phi) is 6.14. The summed E-state index contributed by atoms with van der Waals surface area (Å²) in [7, 11) is -14.4. The molecule has 0 aromatic rings. The molecule has 0 amide bonds. The van der Waals surface area contributed by atoms with Crippen LogP contribution in [0, 0.1) is 0 Å². The van der Waals surface area contributed by atoms with Crippen molar-refractivity contribution >= 4 is 25.3 Å². The second-order valence-electron chi connectivity index (χ2n) is 3.64. The number of rotatable bonds is 7. The molecule has 1 atom stereocenters. The highest BCUT2D eigenvalue weighted by molar-refractivity contribution is 7.86. The largest absolute Gasteiger partial charge is 0.342 e. The van der Waals surface area contributed by atoms with Gasteiger partial charge in [-0.15, -0.1) is 0 Å². The zero-order valence-electron chi connectivity index (χ0n) is 9.24. The summed E-state index contributed by atoms with van der Waals surface area (Å²) in [4.78, 5) is 35.0. The third-order valence-corrected chi connectivity index (χ3v) is 6.95. The SMILES string of the molecule is CC(CNCC(P(=O)(O)O)P(=O)(O)O)S(=O)(=O)O. The molecule has 0 aliphatic rings. The molecule has 0 spiro atoms. The highest BCUT2D eigenvalue weighted by Crippen LogP contribution is 2.59. The fourth-order valence-corrected chi connectivity index (χ4v) is 3.58. The Labute approximate surface area is 103 Å². The maximum Gasteiger partial charge on any atom is 0.342 e. The van der Waals surface area contributed by atoms with Crippen LogP contribution in [0.25, 0.3) is 0 Å². The Balaban J connectivity index is 4.60. The standard InChI is InChI=1S/C5H15NO9P2S/c1-4(18(13,14)15)2-6-3-5(16(7,8)9)17(10,11)12/h4-6H,2-3H2,1H3,(H2,7,8,9)(H2,10,11,12)(H,13,14,15). The first-order valence-electron chi connectivity index (χ1n) is 4.53. The van der Waals surface area contributed by atoms with Gasteiger partial charge in [-0.25, -0.2) is 0 Å². The van der Waals surface area contributed by atoms with Crippen molar-refractivity contribution in [2.45, 2.75) is 17.6 Å². The second-order valence-corrected chi connectivity index (χ2v) is 9.49. The molecule has 10 nitrogen and oxygen atoms in total. The van der Waals surface area contributed by atoms with Crippen molar-refractivity contribution in [3.63, 3.8) is 0 Å². The zero-order chi connectivity index (χ0) is 14.8. The predicted molar refractivity (Wildman–Crippen MR) is 61.8 cm³/mol.